The molecule has 0 radical (unpaired) electrons. The molecule has 1 aliphatic carbocycles. The van der Waals surface area contributed by atoms with Gasteiger partial charge in [0.1, 0.15) is 11.3 Å². The van der Waals surface area contributed by atoms with E-state index in [2.05, 4.69) is 4.90 Å². The Morgan fingerprint density at radius 3 is 2.53 bits per heavy atom. The van der Waals surface area contributed by atoms with Crippen LogP contribution in [-0.2, 0) is 11.2 Å². The number of aromatic nitrogens is 1. The second-order valence-electron chi connectivity index (χ2n) is 9.11. The van der Waals surface area contributed by atoms with Crippen LogP contribution < -0.4 is 9.64 Å². The van der Waals surface area contributed by atoms with E-state index in [4.69, 9.17) is 14.1 Å². The van der Waals surface area contributed by atoms with Crippen molar-refractivity contribution in [2.45, 2.75) is 70.4 Å². The quantitative estimate of drug-likeness (QED) is 0.454. The number of ether oxygens (including phenoxy) is 1. The summed E-state index contributed by atoms with van der Waals surface area (Å²) >= 11 is 0. The molecular weight excluding hydrogens is 404 g/mol. The monoisotopic (exact) mass is 436 g/mol. The van der Waals surface area contributed by atoms with Crippen LogP contribution in [0.2, 0.25) is 0 Å². The third kappa shape index (κ3) is 5.23. The molecule has 2 aromatic carbocycles. The predicted octanol–water partition coefficient (Wildman–Crippen LogP) is 5.84. The lowest BCUT2D eigenvalue weighted by Gasteiger charge is -2.33. The number of carbonyl (C=O) groups is 1. The Morgan fingerprint density at radius 1 is 1.12 bits per heavy atom. The summed E-state index contributed by atoms with van der Waals surface area (Å²) in [5, 5.41) is 9.23. The number of para-hydroxylation sites is 2. The maximum atomic E-state index is 11.3. The first-order valence-corrected chi connectivity index (χ1v) is 11.6. The Bertz CT molecular complexity index is 1000. The first kappa shape index (κ1) is 22.2. The van der Waals surface area contributed by atoms with Crippen LogP contribution in [0.4, 0.5) is 6.01 Å². The molecule has 0 amide bonds. The van der Waals surface area contributed by atoms with E-state index in [1.165, 1.54) is 37.7 Å². The highest BCUT2D eigenvalue weighted by atomic mass is 16.5. The highest BCUT2D eigenvalue weighted by molar-refractivity contribution is 5.76. The van der Waals surface area contributed by atoms with Gasteiger partial charge in [0.25, 0.3) is 6.01 Å². The van der Waals surface area contributed by atoms with Gasteiger partial charge < -0.3 is 19.2 Å². The number of aliphatic carboxylic acids is 1. The van der Waals surface area contributed by atoms with Crippen LogP contribution in [0.25, 0.3) is 11.1 Å². The van der Waals surface area contributed by atoms with E-state index < -0.39 is 11.6 Å². The smallest absolute Gasteiger partial charge is 0.347 e. The molecule has 1 heterocycles. The van der Waals surface area contributed by atoms with E-state index in [1.54, 1.807) is 13.8 Å². The third-order valence-corrected chi connectivity index (χ3v) is 6.22. The zero-order chi connectivity index (χ0) is 22.6. The van der Waals surface area contributed by atoms with E-state index in [0.29, 0.717) is 11.8 Å². The minimum atomic E-state index is -1.25. The summed E-state index contributed by atoms with van der Waals surface area (Å²) < 4.78 is 11.7. The van der Waals surface area contributed by atoms with Gasteiger partial charge in [0.15, 0.2) is 11.2 Å². The molecule has 3 aromatic rings. The van der Waals surface area contributed by atoms with Gasteiger partial charge in [-0.2, -0.15) is 4.98 Å². The molecule has 170 valence electrons. The summed E-state index contributed by atoms with van der Waals surface area (Å²) in [5.41, 5.74) is 1.69. The van der Waals surface area contributed by atoms with Crippen molar-refractivity contribution in [3.8, 4) is 5.75 Å². The van der Waals surface area contributed by atoms with Gasteiger partial charge in [-0.25, -0.2) is 4.79 Å². The Balaban J connectivity index is 1.40. The molecule has 0 unspecified atom stereocenters. The molecular formula is C26H32N2O4. The summed E-state index contributed by atoms with van der Waals surface area (Å²) in [6, 6.07) is 16.9. The molecule has 32 heavy (non-hydrogen) atoms. The van der Waals surface area contributed by atoms with Crippen molar-refractivity contribution in [2.75, 3.05) is 11.4 Å². The summed E-state index contributed by atoms with van der Waals surface area (Å²) in [4.78, 5) is 18.4. The summed E-state index contributed by atoms with van der Waals surface area (Å²) in [6.45, 7) is 3.99. The maximum absolute atomic E-state index is 11.3. The lowest BCUT2D eigenvalue weighted by molar-refractivity contribution is -0.152. The SMILES string of the molecule is CC(C)(Oc1ccc(CCCN(c2nc3ccccc3o2)C2CCCCC2)cc1)C(=O)O. The van der Waals surface area contributed by atoms with Crippen molar-refractivity contribution in [3.63, 3.8) is 0 Å². The molecule has 0 aliphatic heterocycles. The van der Waals surface area contributed by atoms with E-state index in [1.807, 2.05) is 48.5 Å². The van der Waals surface area contributed by atoms with Crippen molar-refractivity contribution in [2.24, 2.45) is 0 Å². The molecule has 1 fully saturated rings. The van der Waals surface area contributed by atoms with E-state index in [0.717, 1.165) is 36.5 Å². The first-order chi connectivity index (χ1) is 15.4. The van der Waals surface area contributed by atoms with E-state index >= 15 is 0 Å². The van der Waals surface area contributed by atoms with Crippen LogP contribution in [-0.4, -0.2) is 34.2 Å². The number of aryl methyl sites for hydroxylation is 1. The number of fused-ring (bicyclic) bond motifs is 1. The Kier molecular flexibility index (Phi) is 6.68. The van der Waals surface area contributed by atoms with Gasteiger partial charge in [-0.15, -0.1) is 0 Å². The summed E-state index contributed by atoms with van der Waals surface area (Å²) in [7, 11) is 0. The Labute approximate surface area is 189 Å². The van der Waals surface area contributed by atoms with Crippen molar-refractivity contribution in [1.82, 2.24) is 4.98 Å². The number of benzene rings is 2. The number of carboxylic acid groups (broad SMARTS) is 1. The fraction of sp³-hybridized carbons (Fsp3) is 0.462. The molecule has 1 saturated carbocycles. The minimum Gasteiger partial charge on any atom is -0.478 e. The summed E-state index contributed by atoms with van der Waals surface area (Å²) in [5.74, 6) is -0.417. The topological polar surface area (TPSA) is 75.8 Å². The fourth-order valence-electron chi connectivity index (χ4n) is 4.33. The molecule has 0 spiro atoms. The van der Waals surface area contributed by atoms with Gasteiger partial charge in [0.2, 0.25) is 0 Å². The maximum Gasteiger partial charge on any atom is 0.347 e. The number of carboxylic acids is 1. The zero-order valence-corrected chi connectivity index (χ0v) is 18.9. The second-order valence-corrected chi connectivity index (χ2v) is 9.11. The molecule has 0 saturated heterocycles. The molecule has 4 rings (SSSR count). The van der Waals surface area contributed by atoms with Crippen LogP contribution in [0.15, 0.2) is 52.9 Å². The fourth-order valence-corrected chi connectivity index (χ4v) is 4.33. The number of nitrogens with zero attached hydrogens (tertiary/aromatic N) is 2. The van der Waals surface area contributed by atoms with Crippen LogP contribution in [0.5, 0.6) is 5.75 Å². The summed E-state index contributed by atoms with van der Waals surface area (Å²) in [6.07, 6.45) is 8.10. The highest BCUT2D eigenvalue weighted by Crippen LogP contribution is 2.30. The number of hydrogen-bond acceptors (Lipinski definition) is 5. The molecule has 1 aliphatic rings. The lowest BCUT2D eigenvalue weighted by Crippen LogP contribution is -2.38. The van der Waals surface area contributed by atoms with Crippen molar-refractivity contribution >= 4 is 23.1 Å². The van der Waals surface area contributed by atoms with Gasteiger partial charge in [-0.05, 0) is 69.4 Å². The Morgan fingerprint density at radius 2 is 1.84 bits per heavy atom. The predicted molar refractivity (Wildman–Crippen MR) is 125 cm³/mol. The van der Waals surface area contributed by atoms with Crippen molar-refractivity contribution in [1.29, 1.82) is 0 Å². The standard InChI is InChI=1S/C26H32N2O4/c1-26(2,24(29)30)32-21-16-14-19(15-17-21)9-8-18-28(20-10-4-3-5-11-20)25-27-22-12-6-7-13-23(22)31-25/h6-7,12-17,20H,3-5,8-11,18H2,1-2H3,(H,29,30). The normalized spacial score (nSPS) is 15.1. The van der Waals surface area contributed by atoms with Crippen molar-refractivity contribution < 1.29 is 19.1 Å². The number of hydrogen-bond donors (Lipinski definition) is 1. The van der Waals surface area contributed by atoms with Crippen LogP contribution in [0, 0.1) is 0 Å². The van der Waals surface area contributed by atoms with E-state index in [9.17, 15) is 9.90 Å². The number of oxazole rings is 1. The third-order valence-electron chi connectivity index (χ3n) is 6.22. The first-order valence-electron chi connectivity index (χ1n) is 11.6. The second kappa shape index (κ2) is 9.63. The highest BCUT2D eigenvalue weighted by Gasteiger charge is 2.29. The zero-order valence-electron chi connectivity index (χ0n) is 18.9. The van der Waals surface area contributed by atoms with Gasteiger partial charge in [-0.1, -0.05) is 43.5 Å². The molecule has 0 bridgehead atoms. The van der Waals surface area contributed by atoms with Crippen LogP contribution >= 0.6 is 0 Å². The van der Waals surface area contributed by atoms with Crippen molar-refractivity contribution in [3.05, 3.63) is 54.1 Å². The van der Waals surface area contributed by atoms with Gasteiger partial charge in [0, 0.05) is 12.6 Å². The molecule has 1 aromatic heterocycles. The molecule has 6 heteroatoms. The molecule has 6 nitrogen and oxygen atoms in total. The largest absolute Gasteiger partial charge is 0.478 e. The molecule has 0 atom stereocenters. The minimum absolute atomic E-state index is 0.478. The molecule has 1 N–H and O–H groups in total. The van der Waals surface area contributed by atoms with E-state index in [-0.39, 0.29) is 0 Å². The van der Waals surface area contributed by atoms with Gasteiger partial charge in [0.05, 0.1) is 0 Å². The van der Waals surface area contributed by atoms with Gasteiger partial charge >= 0.3 is 5.97 Å². The number of rotatable bonds is 9. The number of anilines is 1. The van der Waals surface area contributed by atoms with Gasteiger partial charge in [-0.3, -0.25) is 0 Å². The van der Waals surface area contributed by atoms with Crippen LogP contribution in [0.3, 0.4) is 0 Å². The Hall–Kier alpha value is -3.02. The van der Waals surface area contributed by atoms with Crippen LogP contribution in [0.1, 0.15) is 57.9 Å². The lowest BCUT2D eigenvalue weighted by atomic mass is 9.94. The average Bonchev–Trinajstić information content (AvgIpc) is 3.22. The average molecular weight is 437 g/mol.